The van der Waals surface area contributed by atoms with Crippen molar-refractivity contribution in [2.24, 2.45) is 17.8 Å². The van der Waals surface area contributed by atoms with Crippen molar-refractivity contribution in [2.75, 3.05) is 13.1 Å². The van der Waals surface area contributed by atoms with Gasteiger partial charge in [-0.3, -0.25) is 4.90 Å². The summed E-state index contributed by atoms with van der Waals surface area (Å²) in [5.74, 6) is 1.28. The first kappa shape index (κ1) is 25.7. The Morgan fingerprint density at radius 3 is 2.71 bits per heavy atom. The van der Waals surface area contributed by atoms with Crippen LogP contribution >= 0.6 is 0 Å². The van der Waals surface area contributed by atoms with E-state index in [-0.39, 0.29) is 12.0 Å². The maximum atomic E-state index is 10.7. The Morgan fingerprint density at radius 1 is 1.12 bits per heavy atom. The lowest BCUT2D eigenvalue weighted by atomic mass is 9.87. The molecule has 1 aliphatic heterocycles. The lowest BCUT2D eigenvalue weighted by Crippen LogP contribution is -2.29. The fourth-order valence-corrected chi connectivity index (χ4v) is 6.49. The smallest absolute Gasteiger partial charge is 0.0654 e. The highest BCUT2D eigenvalue weighted by atomic mass is 16.3. The SMILES string of the molecule is CCCC[C@](C)(O)C/C=C/[C@@H]1[C@H]2CC(CCc3cccc(CN4CCCCC4)c3)=C[C@H]2C[C@H]1O. The van der Waals surface area contributed by atoms with E-state index in [2.05, 4.69) is 54.3 Å². The number of piperidine rings is 1. The molecule has 0 spiro atoms. The number of unbranched alkanes of at least 4 members (excludes halogenated alkanes) is 1. The number of benzene rings is 1. The molecule has 2 aliphatic carbocycles. The van der Waals surface area contributed by atoms with E-state index >= 15 is 0 Å². The maximum Gasteiger partial charge on any atom is 0.0654 e. The number of aryl methyl sites for hydroxylation is 1. The summed E-state index contributed by atoms with van der Waals surface area (Å²) < 4.78 is 0. The molecule has 5 atom stereocenters. The van der Waals surface area contributed by atoms with Crippen LogP contribution in [0.3, 0.4) is 0 Å². The maximum absolute atomic E-state index is 10.7. The zero-order valence-corrected chi connectivity index (χ0v) is 21.6. The van der Waals surface area contributed by atoms with Gasteiger partial charge < -0.3 is 10.2 Å². The predicted molar refractivity (Wildman–Crippen MR) is 142 cm³/mol. The van der Waals surface area contributed by atoms with E-state index in [9.17, 15) is 10.2 Å². The second-order valence-corrected chi connectivity index (χ2v) is 11.6. The first-order valence-corrected chi connectivity index (χ1v) is 14.0. The van der Waals surface area contributed by atoms with Crippen molar-refractivity contribution in [3.05, 3.63) is 59.2 Å². The van der Waals surface area contributed by atoms with E-state index in [4.69, 9.17) is 0 Å². The van der Waals surface area contributed by atoms with Crippen LogP contribution in [-0.2, 0) is 13.0 Å². The molecule has 4 rings (SSSR count). The number of aliphatic hydroxyl groups is 2. The number of rotatable bonds is 11. The standard InChI is InChI=1S/C31H47NO2/c1-3-4-15-31(2,34)16-9-12-28-29-21-25(20-27(29)22-30(28)33)14-13-24-10-8-11-26(19-24)23-32-17-6-5-7-18-32/h8-12,19-20,27-30,33-34H,3-7,13-18,21-23H2,1-2H3/b12-9+/t27-,28+,29-,30+,31-/m0/s1. The third kappa shape index (κ3) is 7.06. The molecule has 0 amide bonds. The van der Waals surface area contributed by atoms with E-state index < -0.39 is 5.60 Å². The quantitative estimate of drug-likeness (QED) is 0.370. The molecule has 2 N–H and O–H groups in total. The molecule has 34 heavy (non-hydrogen) atoms. The molecule has 3 heteroatoms. The minimum absolute atomic E-state index is 0.230. The molecule has 2 fully saturated rings. The summed E-state index contributed by atoms with van der Waals surface area (Å²) in [6, 6.07) is 9.23. The Hall–Kier alpha value is -1.42. The molecule has 3 nitrogen and oxygen atoms in total. The number of fused-ring (bicyclic) bond motifs is 1. The average molecular weight is 466 g/mol. The van der Waals surface area contributed by atoms with Crippen LogP contribution in [0.15, 0.2) is 48.1 Å². The Kier molecular flexibility index (Phi) is 9.07. The van der Waals surface area contributed by atoms with Gasteiger partial charge in [0.25, 0.3) is 0 Å². The summed E-state index contributed by atoms with van der Waals surface area (Å²) in [7, 11) is 0. The summed E-state index contributed by atoms with van der Waals surface area (Å²) >= 11 is 0. The van der Waals surface area contributed by atoms with Crippen molar-refractivity contribution in [3.8, 4) is 0 Å². The van der Waals surface area contributed by atoms with Crippen molar-refractivity contribution in [1.82, 2.24) is 4.90 Å². The van der Waals surface area contributed by atoms with Crippen molar-refractivity contribution >= 4 is 0 Å². The predicted octanol–water partition coefficient (Wildman–Crippen LogP) is 6.44. The van der Waals surface area contributed by atoms with Gasteiger partial charge in [-0.15, -0.1) is 0 Å². The Morgan fingerprint density at radius 2 is 1.91 bits per heavy atom. The van der Waals surface area contributed by atoms with Crippen LogP contribution in [0, 0.1) is 17.8 Å². The molecule has 1 saturated carbocycles. The average Bonchev–Trinajstić information content (AvgIpc) is 3.34. The van der Waals surface area contributed by atoms with Gasteiger partial charge in [0, 0.05) is 12.5 Å². The third-order valence-electron chi connectivity index (χ3n) is 8.52. The summed E-state index contributed by atoms with van der Waals surface area (Å²) in [4.78, 5) is 2.60. The number of aliphatic hydroxyl groups excluding tert-OH is 1. The number of nitrogens with zero attached hydrogens (tertiary/aromatic N) is 1. The fraction of sp³-hybridized carbons (Fsp3) is 0.677. The Balaban J connectivity index is 1.27. The number of hydrogen-bond acceptors (Lipinski definition) is 3. The van der Waals surface area contributed by atoms with E-state index in [0.717, 1.165) is 51.5 Å². The van der Waals surface area contributed by atoms with E-state index in [1.165, 1.54) is 43.5 Å². The number of allylic oxidation sites excluding steroid dienone is 2. The Bertz CT molecular complexity index is 836. The molecule has 1 heterocycles. The highest BCUT2D eigenvalue weighted by molar-refractivity contribution is 5.26. The second kappa shape index (κ2) is 12.0. The lowest BCUT2D eigenvalue weighted by molar-refractivity contribution is 0.0513. The zero-order chi connectivity index (χ0) is 24.0. The van der Waals surface area contributed by atoms with Crippen molar-refractivity contribution in [1.29, 1.82) is 0 Å². The van der Waals surface area contributed by atoms with Crippen LogP contribution in [0.4, 0.5) is 0 Å². The van der Waals surface area contributed by atoms with Crippen LogP contribution in [0.2, 0.25) is 0 Å². The topological polar surface area (TPSA) is 43.7 Å². The Labute approximate surface area is 208 Å². The highest BCUT2D eigenvalue weighted by Gasteiger charge is 2.43. The molecule has 1 aromatic carbocycles. The number of hydrogen-bond donors (Lipinski definition) is 2. The first-order valence-electron chi connectivity index (χ1n) is 14.0. The molecule has 1 aromatic rings. The van der Waals surface area contributed by atoms with Gasteiger partial charge in [0.15, 0.2) is 0 Å². The molecule has 0 aromatic heterocycles. The van der Waals surface area contributed by atoms with E-state index in [1.54, 1.807) is 5.57 Å². The molecular weight excluding hydrogens is 418 g/mol. The zero-order valence-electron chi connectivity index (χ0n) is 21.6. The monoisotopic (exact) mass is 465 g/mol. The molecule has 0 unspecified atom stereocenters. The molecule has 0 radical (unpaired) electrons. The summed E-state index contributed by atoms with van der Waals surface area (Å²) in [6.45, 7) is 7.70. The molecule has 188 valence electrons. The minimum atomic E-state index is -0.628. The van der Waals surface area contributed by atoms with Gasteiger partial charge in [-0.25, -0.2) is 0 Å². The van der Waals surface area contributed by atoms with Crippen LogP contribution in [0.5, 0.6) is 0 Å². The second-order valence-electron chi connectivity index (χ2n) is 11.6. The lowest BCUT2D eigenvalue weighted by Gasteiger charge is -2.26. The molecular formula is C31H47NO2. The summed E-state index contributed by atoms with van der Waals surface area (Å²) in [6.07, 6.45) is 18.6. The molecule has 1 saturated heterocycles. The minimum Gasteiger partial charge on any atom is -0.392 e. The molecule has 0 bridgehead atoms. The normalized spacial score (nSPS) is 29.4. The van der Waals surface area contributed by atoms with Crippen LogP contribution < -0.4 is 0 Å². The highest BCUT2D eigenvalue weighted by Crippen LogP contribution is 2.48. The third-order valence-corrected chi connectivity index (χ3v) is 8.52. The van der Waals surface area contributed by atoms with Gasteiger partial charge in [0.05, 0.1) is 11.7 Å². The van der Waals surface area contributed by atoms with Crippen LogP contribution in [0.25, 0.3) is 0 Å². The van der Waals surface area contributed by atoms with E-state index in [0.29, 0.717) is 18.3 Å². The van der Waals surface area contributed by atoms with Crippen molar-refractivity contribution < 1.29 is 10.2 Å². The van der Waals surface area contributed by atoms with Gasteiger partial charge in [-0.05, 0) is 94.3 Å². The van der Waals surface area contributed by atoms with Gasteiger partial charge in [0.1, 0.15) is 0 Å². The van der Waals surface area contributed by atoms with Gasteiger partial charge in [-0.1, -0.05) is 74.3 Å². The van der Waals surface area contributed by atoms with Gasteiger partial charge in [0.2, 0.25) is 0 Å². The van der Waals surface area contributed by atoms with Crippen LogP contribution in [0.1, 0.15) is 89.2 Å². The largest absolute Gasteiger partial charge is 0.392 e. The summed E-state index contributed by atoms with van der Waals surface area (Å²) in [5.41, 5.74) is 3.87. The molecule has 3 aliphatic rings. The van der Waals surface area contributed by atoms with E-state index in [1.807, 2.05) is 6.92 Å². The number of likely N-dealkylation sites (tertiary alicyclic amines) is 1. The van der Waals surface area contributed by atoms with Gasteiger partial charge in [-0.2, -0.15) is 0 Å². The van der Waals surface area contributed by atoms with Crippen molar-refractivity contribution in [2.45, 2.75) is 103 Å². The van der Waals surface area contributed by atoms with Gasteiger partial charge >= 0.3 is 0 Å². The fourth-order valence-electron chi connectivity index (χ4n) is 6.49. The van der Waals surface area contributed by atoms with Crippen molar-refractivity contribution in [3.63, 3.8) is 0 Å². The first-order chi connectivity index (χ1) is 16.4. The van der Waals surface area contributed by atoms with Crippen LogP contribution in [-0.4, -0.2) is 39.9 Å². The summed E-state index contributed by atoms with van der Waals surface area (Å²) in [5, 5.41) is 21.3.